The van der Waals surface area contributed by atoms with Crippen molar-refractivity contribution in [1.82, 2.24) is 5.32 Å². The van der Waals surface area contributed by atoms with Gasteiger partial charge >= 0.3 is 0 Å². The van der Waals surface area contributed by atoms with Gasteiger partial charge in [0.15, 0.2) is 0 Å². The van der Waals surface area contributed by atoms with E-state index in [1.54, 1.807) is 7.11 Å². The van der Waals surface area contributed by atoms with Crippen LogP contribution in [0.2, 0.25) is 0 Å². The molecule has 18 heavy (non-hydrogen) atoms. The van der Waals surface area contributed by atoms with E-state index in [1.807, 2.05) is 0 Å². The van der Waals surface area contributed by atoms with Crippen molar-refractivity contribution >= 4 is 0 Å². The summed E-state index contributed by atoms with van der Waals surface area (Å²) in [5.41, 5.74) is 4.00. The molecule has 0 bridgehead atoms. The minimum atomic E-state index is 0.362. The maximum atomic E-state index is 5.73. The van der Waals surface area contributed by atoms with Crippen LogP contribution in [-0.4, -0.2) is 32.9 Å². The predicted molar refractivity (Wildman–Crippen MR) is 73.4 cm³/mol. The van der Waals surface area contributed by atoms with E-state index in [-0.39, 0.29) is 0 Å². The average molecular weight is 249 g/mol. The minimum absolute atomic E-state index is 0.362. The molecule has 0 aromatic heterocycles. The van der Waals surface area contributed by atoms with E-state index in [0.717, 1.165) is 38.3 Å². The Morgan fingerprint density at radius 3 is 2.83 bits per heavy atom. The summed E-state index contributed by atoms with van der Waals surface area (Å²) in [5, 5.41) is 3.37. The van der Waals surface area contributed by atoms with E-state index >= 15 is 0 Å². The van der Waals surface area contributed by atoms with Crippen LogP contribution in [0.4, 0.5) is 0 Å². The molecule has 1 aliphatic heterocycles. The van der Waals surface area contributed by atoms with E-state index in [2.05, 4.69) is 31.3 Å². The summed E-state index contributed by atoms with van der Waals surface area (Å²) < 4.78 is 11.1. The summed E-state index contributed by atoms with van der Waals surface area (Å²) in [7, 11) is 1.73. The highest BCUT2D eigenvalue weighted by Gasteiger charge is 2.14. The second-order valence-corrected chi connectivity index (χ2v) is 4.91. The van der Waals surface area contributed by atoms with E-state index in [1.165, 1.54) is 16.7 Å². The van der Waals surface area contributed by atoms with Gasteiger partial charge in [0.25, 0.3) is 0 Å². The van der Waals surface area contributed by atoms with Crippen LogP contribution >= 0.6 is 0 Å². The van der Waals surface area contributed by atoms with Crippen molar-refractivity contribution in [3.63, 3.8) is 0 Å². The Labute approximate surface area is 109 Å². The van der Waals surface area contributed by atoms with Crippen molar-refractivity contribution in [2.45, 2.75) is 32.8 Å². The number of benzene rings is 1. The number of ether oxygens (including phenoxy) is 2. The first kappa shape index (κ1) is 13.4. The number of morpholine rings is 1. The van der Waals surface area contributed by atoms with Gasteiger partial charge in [-0.15, -0.1) is 0 Å². The molecule has 1 fully saturated rings. The van der Waals surface area contributed by atoms with Crippen LogP contribution in [0, 0.1) is 13.8 Å². The van der Waals surface area contributed by atoms with Gasteiger partial charge in [-0.3, -0.25) is 0 Å². The highest BCUT2D eigenvalue weighted by atomic mass is 16.5. The van der Waals surface area contributed by atoms with E-state index < -0.39 is 0 Å². The van der Waals surface area contributed by atoms with Crippen molar-refractivity contribution in [1.29, 1.82) is 0 Å². The van der Waals surface area contributed by atoms with Crippen LogP contribution in [0.25, 0.3) is 0 Å². The second kappa shape index (κ2) is 6.21. The Kier molecular flexibility index (Phi) is 4.61. The monoisotopic (exact) mass is 249 g/mol. The molecule has 1 N–H and O–H groups in total. The van der Waals surface area contributed by atoms with Crippen molar-refractivity contribution < 1.29 is 9.47 Å². The first-order valence-electron chi connectivity index (χ1n) is 6.67. The lowest BCUT2D eigenvalue weighted by molar-refractivity contribution is 0.0238. The molecule has 2 rings (SSSR count). The molecule has 0 radical (unpaired) electrons. The maximum Gasteiger partial charge on any atom is 0.122 e. The maximum absolute atomic E-state index is 5.73. The van der Waals surface area contributed by atoms with E-state index in [4.69, 9.17) is 9.47 Å². The molecule has 1 aromatic rings. The lowest BCUT2D eigenvalue weighted by Gasteiger charge is -2.24. The quantitative estimate of drug-likeness (QED) is 0.887. The molecule has 0 aliphatic carbocycles. The fourth-order valence-corrected chi connectivity index (χ4v) is 2.47. The highest BCUT2D eigenvalue weighted by molar-refractivity contribution is 5.43. The lowest BCUT2D eigenvalue weighted by atomic mass is 9.97. The number of nitrogens with one attached hydrogen (secondary N) is 1. The topological polar surface area (TPSA) is 30.5 Å². The molecule has 0 spiro atoms. The first-order chi connectivity index (χ1) is 8.72. The summed E-state index contributed by atoms with van der Waals surface area (Å²) in [5.74, 6) is 0.979. The summed E-state index contributed by atoms with van der Waals surface area (Å²) in [4.78, 5) is 0. The SMILES string of the molecule is COc1ccc(CCC2CNCCO2)c(C)c1C. The largest absolute Gasteiger partial charge is 0.496 e. The molecule has 1 aliphatic rings. The zero-order chi connectivity index (χ0) is 13.0. The van der Waals surface area contributed by atoms with Crippen molar-refractivity contribution in [3.8, 4) is 5.75 Å². The number of methoxy groups -OCH3 is 1. The molecule has 0 saturated carbocycles. The van der Waals surface area contributed by atoms with Crippen LogP contribution in [0.5, 0.6) is 5.75 Å². The number of hydrogen-bond donors (Lipinski definition) is 1. The molecule has 100 valence electrons. The van der Waals surface area contributed by atoms with Crippen molar-refractivity contribution in [2.24, 2.45) is 0 Å². The van der Waals surface area contributed by atoms with E-state index in [9.17, 15) is 0 Å². The third-order valence-corrected chi connectivity index (χ3v) is 3.81. The standard InChI is InChI=1S/C15H23NO2/c1-11-12(2)15(17-3)7-5-13(11)4-6-14-10-16-8-9-18-14/h5,7,14,16H,4,6,8-10H2,1-3H3. The third-order valence-electron chi connectivity index (χ3n) is 3.81. The van der Waals surface area contributed by atoms with Crippen LogP contribution in [0.1, 0.15) is 23.1 Å². The molecule has 0 amide bonds. The van der Waals surface area contributed by atoms with Gasteiger partial charge in [0.2, 0.25) is 0 Å². The Balaban J connectivity index is 1.98. The minimum Gasteiger partial charge on any atom is -0.496 e. The summed E-state index contributed by atoms with van der Waals surface area (Å²) in [6.45, 7) is 7.10. The molecule has 1 heterocycles. The Bertz CT molecular complexity index is 398. The van der Waals surface area contributed by atoms with E-state index in [0.29, 0.717) is 6.10 Å². The van der Waals surface area contributed by atoms with Crippen molar-refractivity contribution in [2.75, 3.05) is 26.8 Å². The number of rotatable bonds is 4. The Hall–Kier alpha value is -1.06. The number of hydrogen-bond acceptors (Lipinski definition) is 3. The Morgan fingerprint density at radius 1 is 1.33 bits per heavy atom. The first-order valence-corrected chi connectivity index (χ1v) is 6.67. The molecule has 1 atom stereocenters. The van der Waals surface area contributed by atoms with Crippen molar-refractivity contribution in [3.05, 3.63) is 28.8 Å². The van der Waals surface area contributed by atoms with Crippen LogP contribution in [0.3, 0.4) is 0 Å². The smallest absolute Gasteiger partial charge is 0.122 e. The van der Waals surface area contributed by atoms with Gasteiger partial charge in [-0.25, -0.2) is 0 Å². The number of aryl methyl sites for hydroxylation is 1. The fraction of sp³-hybridized carbons (Fsp3) is 0.600. The predicted octanol–water partition coefficient (Wildman–Crippen LogP) is 2.23. The average Bonchev–Trinajstić information content (AvgIpc) is 2.42. The van der Waals surface area contributed by atoms with Gasteiger partial charge < -0.3 is 14.8 Å². The molecule has 3 heteroatoms. The molecule has 1 aromatic carbocycles. The van der Waals surface area contributed by atoms with Gasteiger partial charge in [0.05, 0.1) is 19.8 Å². The van der Waals surface area contributed by atoms with Gasteiger partial charge in [-0.05, 0) is 49.4 Å². The molecule has 1 unspecified atom stereocenters. The van der Waals surface area contributed by atoms with Gasteiger partial charge in [0.1, 0.15) is 5.75 Å². The third kappa shape index (κ3) is 3.03. The van der Waals surface area contributed by atoms with Crippen LogP contribution in [-0.2, 0) is 11.2 Å². The fourth-order valence-electron chi connectivity index (χ4n) is 2.47. The lowest BCUT2D eigenvalue weighted by Crippen LogP contribution is -2.38. The second-order valence-electron chi connectivity index (χ2n) is 4.91. The molecule has 3 nitrogen and oxygen atoms in total. The summed E-state index contributed by atoms with van der Waals surface area (Å²) in [6, 6.07) is 4.25. The summed E-state index contributed by atoms with van der Waals surface area (Å²) in [6.07, 6.45) is 2.52. The Morgan fingerprint density at radius 2 is 2.17 bits per heavy atom. The zero-order valence-electron chi connectivity index (χ0n) is 11.6. The van der Waals surface area contributed by atoms with Gasteiger partial charge in [-0.1, -0.05) is 6.07 Å². The normalized spacial score (nSPS) is 19.8. The highest BCUT2D eigenvalue weighted by Crippen LogP contribution is 2.25. The van der Waals surface area contributed by atoms with Gasteiger partial charge in [-0.2, -0.15) is 0 Å². The molecular formula is C15H23NO2. The zero-order valence-corrected chi connectivity index (χ0v) is 11.6. The molecular weight excluding hydrogens is 226 g/mol. The summed E-state index contributed by atoms with van der Waals surface area (Å²) >= 11 is 0. The van der Waals surface area contributed by atoms with Crippen LogP contribution in [0.15, 0.2) is 12.1 Å². The molecule has 1 saturated heterocycles. The van der Waals surface area contributed by atoms with Crippen LogP contribution < -0.4 is 10.1 Å². The van der Waals surface area contributed by atoms with Gasteiger partial charge in [0, 0.05) is 13.1 Å².